The first kappa shape index (κ1) is 21.6. The fourth-order valence-corrected chi connectivity index (χ4v) is 2.97. The molecule has 0 spiro atoms. The molecule has 24 heavy (non-hydrogen) atoms. The van der Waals surface area contributed by atoms with Crippen LogP contribution in [0.3, 0.4) is 0 Å². The van der Waals surface area contributed by atoms with Gasteiger partial charge in [-0.2, -0.15) is 26.3 Å². The maximum atomic E-state index is 12.2. The summed E-state index contributed by atoms with van der Waals surface area (Å²) in [5.74, 6) is 0. The van der Waals surface area contributed by atoms with Crippen LogP contribution in [0.25, 0.3) is 0 Å². The molecule has 2 aromatic carbocycles. The quantitative estimate of drug-likeness (QED) is 0.197. The Morgan fingerprint density at radius 2 is 1.17 bits per heavy atom. The minimum absolute atomic E-state index is 0.0878. The van der Waals surface area contributed by atoms with Crippen molar-refractivity contribution in [2.45, 2.75) is 12.4 Å². The predicted molar refractivity (Wildman–Crippen MR) is 95.4 cm³/mol. The van der Waals surface area contributed by atoms with Gasteiger partial charge in [-0.3, -0.25) is 0 Å². The van der Waals surface area contributed by atoms with Gasteiger partial charge in [0.05, 0.1) is 15.6 Å². The molecular weight excluding hydrogens is 583 g/mol. The fraction of sp³-hybridized carbons (Fsp3) is 0.143. The monoisotopic (exact) mass is 589 g/mol. The van der Waals surface area contributed by atoms with Crippen molar-refractivity contribution >= 4 is 60.1 Å². The molecule has 0 aliphatic heterocycles. The summed E-state index contributed by atoms with van der Waals surface area (Å²) in [4.78, 5) is 0. The minimum Gasteiger partial charge on any atom is -0.398 e. The maximum Gasteiger partial charge on any atom is 0.417 e. The van der Waals surface area contributed by atoms with E-state index in [-0.39, 0.29) is 14.6 Å². The van der Waals surface area contributed by atoms with Crippen molar-refractivity contribution in [1.82, 2.24) is 0 Å². The van der Waals surface area contributed by atoms with E-state index in [1.54, 1.807) is 6.07 Å². The number of alkyl halides is 6. The van der Waals surface area contributed by atoms with Crippen molar-refractivity contribution in [3.8, 4) is 0 Å². The smallest absolute Gasteiger partial charge is 0.398 e. The van der Waals surface area contributed by atoms with Crippen LogP contribution in [0.15, 0.2) is 45.3 Å². The summed E-state index contributed by atoms with van der Waals surface area (Å²) in [7, 11) is 0. The molecule has 2 rings (SSSR count). The van der Waals surface area contributed by atoms with E-state index in [0.717, 1.165) is 12.1 Å². The van der Waals surface area contributed by atoms with E-state index in [0.29, 0.717) is 3.57 Å². The second-order valence-corrected chi connectivity index (χ2v) is 7.05. The second kappa shape index (κ2) is 8.26. The summed E-state index contributed by atoms with van der Waals surface area (Å²) in [5, 5.41) is 0. The van der Waals surface area contributed by atoms with Crippen molar-refractivity contribution in [2.75, 3.05) is 5.73 Å². The van der Waals surface area contributed by atoms with E-state index in [4.69, 9.17) is 5.73 Å². The molecule has 0 unspecified atom stereocenters. The molecule has 0 saturated heterocycles. The highest BCUT2D eigenvalue weighted by Crippen LogP contribution is 2.37. The SMILES string of the molecule is FC(F)(F)c1cccc(I)c1Br.Nc1cccc(C(F)(F)F)c1Br. The van der Waals surface area contributed by atoms with Gasteiger partial charge in [-0.05, 0) is 78.7 Å². The Labute approximate surface area is 164 Å². The van der Waals surface area contributed by atoms with E-state index in [1.165, 1.54) is 18.2 Å². The molecule has 0 fully saturated rings. The normalized spacial score (nSPS) is 11.7. The second-order valence-electron chi connectivity index (χ2n) is 4.31. The first-order chi connectivity index (χ1) is 10.9. The number of benzene rings is 2. The number of nitrogens with two attached hydrogens (primary N) is 1. The molecule has 0 saturated carbocycles. The first-order valence-electron chi connectivity index (χ1n) is 5.98. The van der Waals surface area contributed by atoms with Crippen molar-refractivity contribution in [2.24, 2.45) is 0 Å². The Balaban J connectivity index is 0.000000240. The van der Waals surface area contributed by atoms with Gasteiger partial charge in [0.2, 0.25) is 0 Å². The third kappa shape index (κ3) is 5.80. The van der Waals surface area contributed by atoms with Gasteiger partial charge in [-0.1, -0.05) is 12.1 Å². The Hall–Kier alpha value is -0.490. The average Bonchev–Trinajstić information content (AvgIpc) is 2.43. The molecule has 0 bridgehead atoms. The molecule has 10 heteroatoms. The number of anilines is 1. The number of hydrogen-bond acceptors (Lipinski definition) is 1. The van der Waals surface area contributed by atoms with Gasteiger partial charge in [0, 0.05) is 13.7 Å². The summed E-state index contributed by atoms with van der Waals surface area (Å²) in [6, 6.07) is 7.68. The summed E-state index contributed by atoms with van der Waals surface area (Å²) in [6.45, 7) is 0. The number of nitrogen functional groups attached to an aromatic ring is 1. The van der Waals surface area contributed by atoms with Crippen LogP contribution in [-0.2, 0) is 12.4 Å². The Bertz CT molecular complexity index is 654. The van der Waals surface area contributed by atoms with E-state index >= 15 is 0 Å². The minimum atomic E-state index is -4.35. The summed E-state index contributed by atoms with van der Waals surface area (Å²) >= 11 is 7.50. The number of halogens is 9. The first-order valence-corrected chi connectivity index (χ1v) is 8.64. The lowest BCUT2D eigenvalue weighted by molar-refractivity contribution is -0.139. The highest BCUT2D eigenvalue weighted by atomic mass is 127. The molecule has 0 atom stereocenters. The molecule has 0 aliphatic carbocycles. The van der Waals surface area contributed by atoms with Crippen LogP contribution in [-0.4, -0.2) is 0 Å². The van der Waals surface area contributed by atoms with E-state index in [2.05, 4.69) is 31.9 Å². The van der Waals surface area contributed by atoms with E-state index in [9.17, 15) is 26.3 Å². The van der Waals surface area contributed by atoms with E-state index < -0.39 is 23.5 Å². The van der Waals surface area contributed by atoms with Crippen LogP contribution in [0.4, 0.5) is 32.0 Å². The number of hydrogen-bond donors (Lipinski definition) is 1. The van der Waals surface area contributed by atoms with Crippen LogP contribution in [0.2, 0.25) is 0 Å². The lowest BCUT2D eigenvalue weighted by Gasteiger charge is -2.09. The third-order valence-electron chi connectivity index (χ3n) is 2.59. The lowest BCUT2D eigenvalue weighted by Crippen LogP contribution is -2.06. The fourth-order valence-electron chi connectivity index (χ4n) is 1.49. The molecule has 0 aromatic heterocycles. The molecule has 0 heterocycles. The molecule has 0 amide bonds. The standard InChI is InChI=1S/C7H3BrF3I.C7H5BrF3N/c2*8-6-4(7(9,10)11)2-1-3-5(6)12/h1-3H;1-3H,12H2. The highest BCUT2D eigenvalue weighted by Gasteiger charge is 2.33. The Morgan fingerprint density at radius 1 is 0.750 bits per heavy atom. The van der Waals surface area contributed by atoms with Gasteiger partial charge < -0.3 is 5.73 Å². The highest BCUT2D eigenvalue weighted by molar-refractivity contribution is 14.1. The van der Waals surface area contributed by atoms with E-state index in [1.807, 2.05) is 22.6 Å². The molecule has 132 valence electrons. The van der Waals surface area contributed by atoms with Gasteiger partial charge >= 0.3 is 12.4 Å². The predicted octanol–water partition coefficient (Wildman–Crippen LogP) is 7.12. The van der Waals surface area contributed by atoms with Crippen molar-refractivity contribution in [1.29, 1.82) is 0 Å². The van der Waals surface area contributed by atoms with Crippen LogP contribution in [0.5, 0.6) is 0 Å². The summed E-state index contributed by atoms with van der Waals surface area (Å²) in [5.41, 5.74) is 3.98. The third-order valence-corrected chi connectivity index (χ3v) is 5.97. The number of rotatable bonds is 0. The molecule has 2 N–H and O–H groups in total. The van der Waals surface area contributed by atoms with Gasteiger partial charge in [-0.15, -0.1) is 0 Å². The maximum absolute atomic E-state index is 12.2. The molecule has 0 aliphatic rings. The van der Waals surface area contributed by atoms with Gasteiger partial charge in [0.15, 0.2) is 0 Å². The molecular formula is C14H8Br2F6IN. The topological polar surface area (TPSA) is 26.0 Å². The Morgan fingerprint density at radius 3 is 1.54 bits per heavy atom. The summed E-state index contributed by atoms with van der Waals surface area (Å²) < 4.78 is 73.6. The zero-order chi connectivity index (χ0) is 18.7. The van der Waals surface area contributed by atoms with Gasteiger partial charge in [0.25, 0.3) is 0 Å². The van der Waals surface area contributed by atoms with Crippen LogP contribution in [0, 0.1) is 3.57 Å². The lowest BCUT2D eigenvalue weighted by atomic mass is 10.2. The zero-order valence-electron chi connectivity index (χ0n) is 11.4. The van der Waals surface area contributed by atoms with Crippen molar-refractivity contribution in [3.63, 3.8) is 0 Å². The van der Waals surface area contributed by atoms with Gasteiger partial charge in [-0.25, -0.2) is 0 Å². The van der Waals surface area contributed by atoms with Crippen molar-refractivity contribution < 1.29 is 26.3 Å². The van der Waals surface area contributed by atoms with Crippen LogP contribution < -0.4 is 5.73 Å². The van der Waals surface area contributed by atoms with Crippen molar-refractivity contribution in [3.05, 3.63) is 60.0 Å². The molecule has 0 radical (unpaired) electrons. The Kier molecular flexibility index (Phi) is 7.42. The van der Waals surface area contributed by atoms with Crippen LogP contribution in [0.1, 0.15) is 11.1 Å². The molecule has 1 nitrogen and oxygen atoms in total. The zero-order valence-corrected chi connectivity index (χ0v) is 16.8. The summed E-state index contributed by atoms with van der Waals surface area (Å²) in [6.07, 6.45) is -8.63. The van der Waals surface area contributed by atoms with Gasteiger partial charge in [0.1, 0.15) is 0 Å². The largest absolute Gasteiger partial charge is 0.417 e. The average molecular weight is 591 g/mol. The molecule has 2 aromatic rings. The van der Waals surface area contributed by atoms with Crippen LogP contribution >= 0.6 is 54.5 Å².